The van der Waals surface area contributed by atoms with Gasteiger partial charge < -0.3 is 15.4 Å². The quantitative estimate of drug-likeness (QED) is 0.871. The summed E-state index contributed by atoms with van der Waals surface area (Å²) in [6.45, 7) is 12.5. The van der Waals surface area contributed by atoms with E-state index in [-0.39, 0.29) is 0 Å². The molecule has 0 saturated carbocycles. The van der Waals surface area contributed by atoms with Gasteiger partial charge in [0.2, 0.25) is 5.88 Å². The third-order valence-electron chi connectivity index (χ3n) is 3.66. The Hall–Kier alpha value is -1.49. The summed E-state index contributed by atoms with van der Waals surface area (Å²) in [6.07, 6.45) is 1.22. The van der Waals surface area contributed by atoms with Crippen LogP contribution in [0, 0.1) is 5.92 Å². The highest BCUT2D eigenvalue weighted by Gasteiger charge is 2.18. The smallest absolute Gasteiger partial charge is 0.239 e. The lowest BCUT2D eigenvalue weighted by Gasteiger charge is -2.35. The van der Waals surface area contributed by atoms with E-state index < -0.39 is 0 Å². The van der Waals surface area contributed by atoms with Crippen molar-refractivity contribution in [1.29, 1.82) is 0 Å². The average Bonchev–Trinajstić information content (AvgIpc) is 2.47. The van der Waals surface area contributed by atoms with Gasteiger partial charge in [0.25, 0.3) is 0 Å². The number of piperazine rings is 1. The van der Waals surface area contributed by atoms with Crippen LogP contribution in [0.15, 0.2) is 12.1 Å². The highest BCUT2D eigenvalue weighted by atomic mass is 16.5. The number of aromatic nitrogens is 1. The van der Waals surface area contributed by atoms with Crippen molar-refractivity contribution in [3.8, 4) is 5.88 Å². The number of ether oxygens (including phenoxy) is 1. The van der Waals surface area contributed by atoms with Gasteiger partial charge in [0.15, 0.2) is 0 Å². The maximum absolute atomic E-state index is 5.95. The molecule has 21 heavy (non-hydrogen) atoms. The second-order valence-corrected chi connectivity index (χ2v) is 6.10. The van der Waals surface area contributed by atoms with Gasteiger partial charge in [-0.15, -0.1) is 0 Å². The van der Waals surface area contributed by atoms with Crippen molar-refractivity contribution in [2.75, 3.05) is 50.0 Å². The molecule has 0 unspecified atom stereocenters. The van der Waals surface area contributed by atoms with Gasteiger partial charge in [0, 0.05) is 26.2 Å². The molecule has 0 bridgehead atoms. The lowest BCUT2D eigenvalue weighted by Crippen LogP contribution is -2.46. The number of nitrogen functional groups attached to an aromatic ring is 1. The highest BCUT2D eigenvalue weighted by Crippen LogP contribution is 2.24. The summed E-state index contributed by atoms with van der Waals surface area (Å²) < 4.78 is 5.72. The minimum Gasteiger partial charge on any atom is -0.476 e. The van der Waals surface area contributed by atoms with Crippen molar-refractivity contribution in [3.05, 3.63) is 12.1 Å². The zero-order chi connectivity index (χ0) is 15.2. The molecule has 2 N–H and O–H groups in total. The molecule has 2 heterocycles. The standard InChI is InChI=1S/C16H28N4O/c1-4-7-19-8-10-20(11-9-19)15-6-5-14(17)16(18-15)21-12-13(2)3/h5-6,13H,4,7-12,17H2,1-3H3. The van der Waals surface area contributed by atoms with Crippen LogP contribution in [-0.4, -0.2) is 49.2 Å². The number of hydrogen-bond donors (Lipinski definition) is 1. The van der Waals surface area contributed by atoms with Crippen molar-refractivity contribution in [2.24, 2.45) is 5.92 Å². The molecule has 0 amide bonds. The van der Waals surface area contributed by atoms with Gasteiger partial charge in [-0.2, -0.15) is 4.98 Å². The van der Waals surface area contributed by atoms with Gasteiger partial charge in [-0.25, -0.2) is 0 Å². The molecular formula is C16H28N4O. The molecule has 0 atom stereocenters. The fraction of sp³-hybridized carbons (Fsp3) is 0.688. The van der Waals surface area contributed by atoms with Crippen LogP contribution in [0.3, 0.4) is 0 Å². The molecule has 0 aliphatic carbocycles. The van der Waals surface area contributed by atoms with Crippen molar-refractivity contribution >= 4 is 11.5 Å². The molecule has 0 spiro atoms. The first-order valence-electron chi connectivity index (χ1n) is 7.96. The van der Waals surface area contributed by atoms with E-state index in [0.717, 1.165) is 32.0 Å². The lowest BCUT2D eigenvalue weighted by molar-refractivity contribution is 0.254. The second-order valence-electron chi connectivity index (χ2n) is 6.10. The predicted molar refractivity (Wildman–Crippen MR) is 87.9 cm³/mol. The van der Waals surface area contributed by atoms with Crippen LogP contribution in [0.4, 0.5) is 11.5 Å². The summed E-state index contributed by atoms with van der Waals surface area (Å²) in [5, 5.41) is 0. The zero-order valence-electron chi connectivity index (χ0n) is 13.5. The third-order valence-corrected chi connectivity index (χ3v) is 3.66. The molecular weight excluding hydrogens is 264 g/mol. The maximum atomic E-state index is 5.95. The Morgan fingerprint density at radius 3 is 2.57 bits per heavy atom. The molecule has 5 nitrogen and oxygen atoms in total. The molecule has 1 fully saturated rings. The molecule has 118 valence electrons. The van der Waals surface area contributed by atoms with E-state index >= 15 is 0 Å². The summed E-state index contributed by atoms with van der Waals surface area (Å²) in [6, 6.07) is 3.89. The van der Waals surface area contributed by atoms with E-state index in [4.69, 9.17) is 10.5 Å². The van der Waals surface area contributed by atoms with Crippen molar-refractivity contribution in [1.82, 2.24) is 9.88 Å². The fourth-order valence-corrected chi connectivity index (χ4v) is 2.50. The molecule has 0 radical (unpaired) electrons. The topological polar surface area (TPSA) is 54.6 Å². The van der Waals surface area contributed by atoms with E-state index in [1.54, 1.807) is 0 Å². The molecule has 5 heteroatoms. The number of anilines is 2. The number of rotatable bonds is 6. The van der Waals surface area contributed by atoms with Crippen LogP contribution in [0.2, 0.25) is 0 Å². The normalized spacial score (nSPS) is 16.5. The molecule has 1 aliphatic heterocycles. The van der Waals surface area contributed by atoms with E-state index in [0.29, 0.717) is 24.1 Å². The molecule has 0 aromatic carbocycles. The molecule has 2 rings (SSSR count). The Morgan fingerprint density at radius 2 is 1.95 bits per heavy atom. The van der Waals surface area contributed by atoms with Gasteiger partial charge in [0.1, 0.15) is 5.82 Å². The van der Waals surface area contributed by atoms with Crippen LogP contribution >= 0.6 is 0 Å². The van der Waals surface area contributed by atoms with E-state index in [9.17, 15) is 0 Å². The van der Waals surface area contributed by atoms with Crippen LogP contribution < -0.4 is 15.4 Å². The molecule has 1 saturated heterocycles. The van der Waals surface area contributed by atoms with Crippen LogP contribution in [0.1, 0.15) is 27.2 Å². The number of pyridine rings is 1. The SMILES string of the molecule is CCCN1CCN(c2ccc(N)c(OCC(C)C)n2)CC1. The van der Waals surface area contributed by atoms with Gasteiger partial charge in [-0.05, 0) is 31.0 Å². The van der Waals surface area contributed by atoms with E-state index in [2.05, 4.69) is 35.6 Å². The number of nitrogens with two attached hydrogens (primary N) is 1. The van der Waals surface area contributed by atoms with Crippen LogP contribution in [-0.2, 0) is 0 Å². The minimum atomic E-state index is 0.465. The largest absolute Gasteiger partial charge is 0.476 e. The predicted octanol–water partition coefficient (Wildman–Crippen LogP) is 2.23. The Bertz CT molecular complexity index is 442. The summed E-state index contributed by atoms with van der Waals surface area (Å²) >= 11 is 0. The first-order valence-corrected chi connectivity index (χ1v) is 7.96. The molecule has 1 aromatic rings. The Morgan fingerprint density at radius 1 is 1.24 bits per heavy atom. The van der Waals surface area contributed by atoms with Gasteiger partial charge >= 0.3 is 0 Å². The summed E-state index contributed by atoms with van der Waals surface area (Å²) in [5.41, 5.74) is 6.57. The van der Waals surface area contributed by atoms with Crippen molar-refractivity contribution in [2.45, 2.75) is 27.2 Å². The molecule has 1 aliphatic rings. The molecule has 1 aromatic heterocycles. The summed E-state index contributed by atoms with van der Waals surface area (Å²) in [7, 11) is 0. The monoisotopic (exact) mass is 292 g/mol. The first-order chi connectivity index (χ1) is 10.1. The summed E-state index contributed by atoms with van der Waals surface area (Å²) in [5.74, 6) is 2.00. The lowest BCUT2D eigenvalue weighted by atomic mass is 10.2. The number of nitrogens with zero attached hydrogens (tertiary/aromatic N) is 3. The highest BCUT2D eigenvalue weighted by molar-refractivity contribution is 5.54. The maximum Gasteiger partial charge on any atom is 0.239 e. The van der Waals surface area contributed by atoms with E-state index in [1.807, 2.05) is 12.1 Å². The zero-order valence-corrected chi connectivity index (χ0v) is 13.5. The van der Waals surface area contributed by atoms with Crippen LogP contribution in [0.25, 0.3) is 0 Å². The van der Waals surface area contributed by atoms with Gasteiger partial charge in [-0.1, -0.05) is 20.8 Å². The van der Waals surface area contributed by atoms with Gasteiger partial charge in [-0.3, -0.25) is 4.90 Å². The van der Waals surface area contributed by atoms with Gasteiger partial charge in [0.05, 0.1) is 12.3 Å². The van der Waals surface area contributed by atoms with Crippen molar-refractivity contribution in [3.63, 3.8) is 0 Å². The minimum absolute atomic E-state index is 0.465. The first kappa shape index (κ1) is 15.9. The second kappa shape index (κ2) is 7.50. The Labute approximate surface area is 128 Å². The third kappa shape index (κ3) is 4.49. The number of hydrogen-bond acceptors (Lipinski definition) is 5. The Kier molecular flexibility index (Phi) is 5.67. The van der Waals surface area contributed by atoms with E-state index in [1.165, 1.54) is 13.0 Å². The van der Waals surface area contributed by atoms with Crippen molar-refractivity contribution < 1.29 is 4.74 Å². The Balaban J connectivity index is 1.99. The van der Waals surface area contributed by atoms with Crippen LogP contribution in [0.5, 0.6) is 5.88 Å². The summed E-state index contributed by atoms with van der Waals surface area (Å²) in [4.78, 5) is 9.42. The average molecular weight is 292 g/mol. The fourth-order valence-electron chi connectivity index (χ4n) is 2.50.